The van der Waals surface area contributed by atoms with E-state index in [0.717, 1.165) is 4.88 Å². The number of nitrogens with zero attached hydrogens (tertiary/aromatic N) is 1. The van der Waals surface area contributed by atoms with Gasteiger partial charge in [-0.25, -0.2) is 9.78 Å². The third-order valence-electron chi connectivity index (χ3n) is 2.45. The lowest BCUT2D eigenvalue weighted by molar-refractivity contribution is -0.117. The first kappa shape index (κ1) is 17.4. The number of aromatic nitrogens is 1. The van der Waals surface area contributed by atoms with Gasteiger partial charge in [0.1, 0.15) is 11.6 Å². The van der Waals surface area contributed by atoms with Crippen molar-refractivity contribution in [1.29, 1.82) is 0 Å². The molecule has 21 heavy (non-hydrogen) atoms. The second-order valence-corrected chi connectivity index (χ2v) is 7.14. The number of amides is 2. The van der Waals surface area contributed by atoms with Gasteiger partial charge in [0, 0.05) is 11.1 Å². The monoisotopic (exact) mass is 313 g/mol. The van der Waals surface area contributed by atoms with E-state index in [9.17, 15) is 9.59 Å². The molecule has 0 bridgehead atoms. The first-order valence-electron chi connectivity index (χ1n) is 6.84. The van der Waals surface area contributed by atoms with E-state index in [1.54, 1.807) is 33.9 Å². The second kappa shape index (κ2) is 6.89. The summed E-state index contributed by atoms with van der Waals surface area (Å²) in [5.74, 6) is 0.0379. The van der Waals surface area contributed by atoms with Gasteiger partial charge in [0.2, 0.25) is 5.91 Å². The number of ether oxygens (including phenoxy) is 1. The fourth-order valence-electron chi connectivity index (χ4n) is 1.37. The Balaban J connectivity index is 2.52. The summed E-state index contributed by atoms with van der Waals surface area (Å²) in [5.41, 5.74) is -0.595. The van der Waals surface area contributed by atoms with E-state index in [1.807, 2.05) is 0 Å². The average Bonchev–Trinajstić information content (AvgIpc) is 2.74. The molecular weight excluding hydrogens is 290 g/mol. The summed E-state index contributed by atoms with van der Waals surface area (Å²) in [6, 6.07) is -0.703. The highest BCUT2D eigenvalue weighted by Crippen LogP contribution is 2.25. The third-order valence-corrected chi connectivity index (χ3v) is 3.66. The van der Waals surface area contributed by atoms with Crippen LogP contribution in [0, 0.1) is 0 Å². The van der Waals surface area contributed by atoms with Gasteiger partial charge in [-0.2, -0.15) is 0 Å². The van der Waals surface area contributed by atoms with Crippen LogP contribution in [0.15, 0.2) is 6.20 Å². The third kappa shape index (κ3) is 6.12. The number of carbonyl (C=O) groups is 2. The predicted molar refractivity (Wildman–Crippen MR) is 83.7 cm³/mol. The molecule has 1 atom stereocenters. The molecule has 2 N–H and O–H groups in total. The van der Waals surface area contributed by atoms with Crippen molar-refractivity contribution in [1.82, 2.24) is 10.3 Å². The Kier molecular flexibility index (Phi) is 5.71. The lowest BCUT2D eigenvalue weighted by atomic mass is 10.2. The van der Waals surface area contributed by atoms with Crippen LogP contribution >= 0.6 is 11.3 Å². The van der Waals surface area contributed by atoms with Crippen molar-refractivity contribution in [3.8, 4) is 0 Å². The number of thiazole rings is 1. The van der Waals surface area contributed by atoms with Crippen LogP contribution in [-0.4, -0.2) is 28.6 Å². The van der Waals surface area contributed by atoms with Crippen molar-refractivity contribution in [2.45, 2.75) is 59.1 Å². The molecule has 118 valence electrons. The number of rotatable bonds is 4. The molecule has 0 saturated heterocycles. The van der Waals surface area contributed by atoms with Gasteiger partial charge in [-0.1, -0.05) is 13.8 Å². The van der Waals surface area contributed by atoms with Crippen molar-refractivity contribution in [3.63, 3.8) is 0 Å². The SMILES string of the molecule is CC(C)c1cnc(NC(=O)[C@H](C)NC(=O)OC(C)(C)C)s1. The van der Waals surface area contributed by atoms with E-state index in [-0.39, 0.29) is 5.91 Å². The van der Waals surface area contributed by atoms with Crippen LogP contribution in [0.3, 0.4) is 0 Å². The summed E-state index contributed by atoms with van der Waals surface area (Å²) < 4.78 is 5.10. The summed E-state index contributed by atoms with van der Waals surface area (Å²) in [6.45, 7) is 11.0. The molecule has 1 heterocycles. The van der Waals surface area contributed by atoms with Crippen LogP contribution < -0.4 is 10.6 Å². The summed E-state index contributed by atoms with van der Waals surface area (Å²) in [7, 11) is 0. The Morgan fingerprint density at radius 2 is 1.90 bits per heavy atom. The molecule has 6 nitrogen and oxygen atoms in total. The van der Waals surface area contributed by atoms with Gasteiger partial charge < -0.3 is 15.4 Å². The Bertz CT molecular complexity index is 506. The Morgan fingerprint density at radius 3 is 2.38 bits per heavy atom. The lowest BCUT2D eigenvalue weighted by Gasteiger charge is -2.21. The molecule has 0 saturated carbocycles. The zero-order chi connectivity index (χ0) is 16.2. The van der Waals surface area contributed by atoms with Crippen LogP contribution in [0.1, 0.15) is 52.3 Å². The van der Waals surface area contributed by atoms with Gasteiger partial charge in [-0.05, 0) is 33.6 Å². The van der Waals surface area contributed by atoms with Crippen molar-refractivity contribution in [3.05, 3.63) is 11.1 Å². The van der Waals surface area contributed by atoms with E-state index >= 15 is 0 Å². The maximum atomic E-state index is 12.0. The molecule has 0 radical (unpaired) electrons. The molecule has 0 aliphatic heterocycles. The van der Waals surface area contributed by atoms with Gasteiger partial charge in [0.15, 0.2) is 5.13 Å². The summed E-state index contributed by atoms with van der Waals surface area (Å²) in [5, 5.41) is 5.70. The highest BCUT2D eigenvalue weighted by molar-refractivity contribution is 7.15. The molecule has 0 fully saturated rings. The number of alkyl carbamates (subject to hydrolysis) is 1. The molecule has 2 amide bonds. The van der Waals surface area contributed by atoms with E-state index < -0.39 is 17.7 Å². The number of hydrogen-bond acceptors (Lipinski definition) is 5. The van der Waals surface area contributed by atoms with Crippen LogP contribution in [0.2, 0.25) is 0 Å². The number of carbonyl (C=O) groups excluding carboxylic acids is 2. The van der Waals surface area contributed by atoms with Crippen molar-refractivity contribution in [2.24, 2.45) is 0 Å². The fraction of sp³-hybridized carbons (Fsp3) is 0.643. The minimum atomic E-state index is -0.703. The van der Waals surface area contributed by atoms with Crippen molar-refractivity contribution < 1.29 is 14.3 Å². The molecular formula is C14H23N3O3S. The smallest absolute Gasteiger partial charge is 0.408 e. The van der Waals surface area contributed by atoms with E-state index in [0.29, 0.717) is 11.0 Å². The molecule has 0 unspecified atom stereocenters. The molecule has 1 aromatic heterocycles. The van der Waals surface area contributed by atoms with Gasteiger partial charge in [0.05, 0.1) is 0 Å². The highest BCUT2D eigenvalue weighted by atomic mass is 32.1. The minimum absolute atomic E-state index is 0.328. The first-order chi connectivity index (χ1) is 9.58. The van der Waals surface area contributed by atoms with Crippen LogP contribution in [0.25, 0.3) is 0 Å². The predicted octanol–water partition coefficient (Wildman–Crippen LogP) is 3.12. The molecule has 1 rings (SSSR count). The molecule has 0 aliphatic rings. The second-order valence-electron chi connectivity index (χ2n) is 6.08. The first-order valence-corrected chi connectivity index (χ1v) is 7.66. The Morgan fingerprint density at radius 1 is 1.29 bits per heavy atom. The topological polar surface area (TPSA) is 80.3 Å². The zero-order valence-electron chi connectivity index (χ0n) is 13.3. The normalized spacial score (nSPS) is 12.9. The van der Waals surface area contributed by atoms with Crippen LogP contribution in [-0.2, 0) is 9.53 Å². The van der Waals surface area contributed by atoms with Crippen molar-refractivity contribution >= 4 is 28.5 Å². The maximum absolute atomic E-state index is 12.0. The fourth-order valence-corrected chi connectivity index (χ4v) is 2.20. The van der Waals surface area contributed by atoms with E-state index in [2.05, 4.69) is 29.5 Å². The number of anilines is 1. The van der Waals surface area contributed by atoms with Crippen LogP contribution in [0.4, 0.5) is 9.93 Å². The minimum Gasteiger partial charge on any atom is -0.444 e. The van der Waals surface area contributed by atoms with Crippen molar-refractivity contribution in [2.75, 3.05) is 5.32 Å². The lowest BCUT2D eigenvalue weighted by Crippen LogP contribution is -2.43. The summed E-state index contributed by atoms with van der Waals surface area (Å²) in [4.78, 5) is 28.8. The quantitative estimate of drug-likeness (QED) is 0.895. The zero-order valence-corrected chi connectivity index (χ0v) is 14.1. The highest BCUT2D eigenvalue weighted by Gasteiger charge is 2.21. The van der Waals surface area contributed by atoms with Crippen LogP contribution in [0.5, 0.6) is 0 Å². The molecule has 0 aliphatic carbocycles. The molecule has 7 heteroatoms. The van der Waals surface area contributed by atoms with E-state index in [4.69, 9.17) is 4.74 Å². The summed E-state index contributed by atoms with van der Waals surface area (Å²) in [6.07, 6.45) is 1.13. The number of hydrogen-bond donors (Lipinski definition) is 2. The van der Waals surface area contributed by atoms with Gasteiger partial charge in [-0.15, -0.1) is 11.3 Å². The van der Waals surface area contributed by atoms with E-state index in [1.165, 1.54) is 11.3 Å². The van der Waals surface area contributed by atoms with Gasteiger partial charge >= 0.3 is 6.09 Å². The maximum Gasteiger partial charge on any atom is 0.408 e. The van der Waals surface area contributed by atoms with Gasteiger partial charge in [0.25, 0.3) is 0 Å². The van der Waals surface area contributed by atoms with Gasteiger partial charge in [-0.3, -0.25) is 4.79 Å². The standard InChI is InChI=1S/C14H23N3O3S/c1-8(2)10-7-15-12(21-10)17-11(18)9(3)16-13(19)20-14(4,5)6/h7-9H,1-6H3,(H,16,19)(H,15,17,18)/t9-/m0/s1. The largest absolute Gasteiger partial charge is 0.444 e. The Labute approximate surface area is 129 Å². The molecule has 0 aromatic carbocycles. The average molecular weight is 313 g/mol. The number of nitrogens with one attached hydrogen (secondary N) is 2. The summed E-state index contributed by atoms with van der Waals surface area (Å²) >= 11 is 1.43. The molecule has 1 aromatic rings. The Hall–Kier alpha value is -1.63. The molecule has 0 spiro atoms.